The molecule has 0 aliphatic heterocycles. The summed E-state index contributed by atoms with van der Waals surface area (Å²) in [4.78, 5) is 0. The molecule has 0 fully saturated rings. The van der Waals surface area contributed by atoms with E-state index in [-0.39, 0.29) is 5.25 Å². The Kier molecular flexibility index (Phi) is 3.42. The van der Waals surface area contributed by atoms with Crippen LogP contribution in [-0.2, 0) is 0 Å². The molecule has 3 heteroatoms. The molecule has 0 aromatic heterocycles. The highest BCUT2D eigenvalue weighted by Crippen LogP contribution is 2.00. The Balaban J connectivity index is 3.14. The van der Waals surface area contributed by atoms with Crippen LogP contribution in [0.4, 0.5) is 0 Å². The van der Waals surface area contributed by atoms with E-state index in [4.69, 9.17) is 10.8 Å². The highest BCUT2D eigenvalue weighted by molar-refractivity contribution is 7.81. The lowest BCUT2D eigenvalue weighted by atomic mass is 10.3. The molecule has 0 aromatic rings. The number of rotatable bonds is 2. The fourth-order valence-corrected chi connectivity index (χ4v) is 0.241. The van der Waals surface area contributed by atoms with Gasteiger partial charge >= 0.3 is 0 Å². The molecule has 0 aliphatic rings. The Morgan fingerprint density at radius 3 is 2.29 bits per heavy atom. The molecule has 0 rings (SSSR count). The molecule has 0 aromatic carbocycles. The molecule has 0 aliphatic carbocycles. The maximum Gasteiger partial charge on any atom is 0.114 e. The van der Waals surface area contributed by atoms with E-state index in [1.807, 2.05) is 6.92 Å². The largest absolute Gasteiger partial charge is 0.378 e. The number of aliphatic hydroxyl groups excluding tert-OH is 1. The molecule has 0 heterocycles. The van der Waals surface area contributed by atoms with Crippen LogP contribution in [0.15, 0.2) is 0 Å². The second-order valence-corrected chi connectivity index (χ2v) is 2.13. The van der Waals surface area contributed by atoms with Gasteiger partial charge in [0.25, 0.3) is 0 Å². The molecular formula is C4H11NOS. The van der Waals surface area contributed by atoms with Crippen molar-refractivity contribution in [2.24, 2.45) is 5.73 Å². The van der Waals surface area contributed by atoms with Gasteiger partial charge < -0.3 is 10.8 Å². The summed E-state index contributed by atoms with van der Waals surface area (Å²) < 4.78 is 0. The predicted octanol–water partition coefficient (Wildman–Crippen LogP) is -0.0281. The molecule has 2 unspecified atom stereocenters. The van der Waals surface area contributed by atoms with Crippen molar-refractivity contribution in [3.8, 4) is 0 Å². The van der Waals surface area contributed by atoms with Crippen LogP contribution < -0.4 is 5.73 Å². The van der Waals surface area contributed by atoms with Crippen LogP contribution in [0.3, 0.4) is 0 Å². The standard InChI is InChI=1S/C4H11NOS/c1-2-3(7)4(5)6/h3-4,6-7H,2,5H2,1H3. The van der Waals surface area contributed by atoms with Gasteiger partial charge in [-0.15, -0.1) is 0 Å². The van der Waals surface area contributed by atoms with Crippen LogP contribution in [0.1, 0.15) is 13.3 Å². The summed E-state index contributed by atoms with van der Waals surface area (Å²) in [5.41, 5.74) is 5.03. The minimum atomic E-state index is -0.770. The van der Waals surface area contributed by atoms with E-state index < -0.39 is 6.23 Å². The third-order valence-electron chi connectivity index (χ3n) is 0.813. The van der Waals surface area contributed by atoms with Gasteiger partial charge in [0, 0.05) is 5.25 Å². The van der Waals surface area contributed by atoms with E-state index in [1.165, 1.54) is 0 Å². The van der Waals surface area contributed by atoms with Crippen molar-refractivity contribution in [3.63, 3.8) is 0 Å². The minimum Gasteiger partial charge on any atom is -0.378 e. The monoisotopic (exact) mass is 121 g/mol. The quantitative estimate of drug-likeness (QED) is 0.355. The third kappa shape index (κ3) is 2.91. The van der Waals surface area contributed by atoms with E-state index in [0.717, 1.165) is 6.42 Å². The SMILES string of the molecule is CCC(S)C(N)O. The first-order valence-corrected chi connectivity index (χ1v) is 2.81. The van der Waals surface area contributed by atoms with Crippen molar-refractivity contribution in [1.82, 2.24) is 0 Å². The third-order valence-corrected chi connectivity index (χ3v) is 1.48. The minimum absolute atomic E-state index is 0.0694. The van der Waals surface area contributed by atoms with Gasteiger partial charge in [-0.1, -0.05) is 6.92 Å². The topological polar surface area (TPSA) is 46.2 Å². The molecular weight excluding hydrogens is 110 g/mol. The smallest absolute Gasteiger partial charge is 0.114 e. The van der Waals surface area contributed by atoms with Gasteiger partial charge in [-0.2, -0.15) is 12.6 Å². The number of hydrogen-bond donors (Lipinski definition) is 3. The van der Waals surface area contributed by atoms with Crippen LogP contribution in [0.2, 0.25) is 0 Å². The summed E-state index contributed by atoms with van der Waals surface area (Å²) in [7, 11) is 0. The zero-order chi connectivity index (χ0) is 5.86. The van der Waals surface area contributed by atoms with E-state index in [2.05, 4.69) is 12.6 Å². The molecule has 2 nitrogen and oxygen atoms in total. The van der Waals surface area contributed by atoms with Crippen molar-refractivity contribution < 1.29 is 5.11 Å². The Labute approximate surface area is 49.1 Å². The Hall–Kier alpha value is 0.270. The van der Waals surface area contributed by atoms with Crippen molar-refractivity contribution >= 4 is 12.6 Å². The zero-order valence-corrected chi connectivity index (χ0v) is 5.23. The first kappa shape index (κ1) is 7.27. The maximum absolute atomic E-state index is 8.52. The Morgan fingerprint density at radius 2 is 2.29 bits per heavy atom. The molecule has 0 amide bonds. The van der Waals surface area contributed by atoms with E-state index >= 15 is 0 Å². The second kappa shape index (κ2) is 3.29. The van der Waals surface area contributed by atoms with Crippen molar-refractivity contribution in [2.75, 3.05) is 0 Å². The highest BCUT2D eigenvalue weighted by Gasteiger charge is 2.04. The van der Waals surface area contributed by atoms with Gasteiger partial charge in [-0.25, -0.2) is 0 Å². The van der Waals surface area contributed by atoms with E-state index in [0.29, 0.717) is 0 Å². The Bertz CT molecular complexity index is 49.0. The lowest BCUT2D eigenvalue weighted by Crippen LogP contribution is -2.29. The molecule has 0 saturated carbocycles. The number of aliphatic hydroxyl groups is 1. The summed E-state index contributed by atoms with van der Waals surface area (Å²) in [6.07, 6.45) is 0.0363. The molecule has 7 heavy (non-hydrogen) atoms. The lowest BCUT2D eigenvalue weighted by Gasteiger charge is -2.08. The number of hydrogen-bond acceptors (Lipinski definition) is 3. The molecule has 0 radical (unpaired) electrons. The fraction of sp³-hybridized carbons (Fsp3) is 1.00. The Morgan fingerprint density at radius 1 is 1.86 bits per heavy atom. The molecule has 0 bridgehead atoms. The average molecular weight is 121 g/mol. The van der Waals surface area contributed by atoms with Crippen LogP contribution in [-0.4, -0.2) is 16.6 Å². The number of nitrogens with two attached hydrogens (primary N) is 1. The fourth-order valence-electron chi connectivity index (χ4n) is 0.241. The summed E-state index contributed by atoms with van der Waals surface area (Å²) in [6, 6.07) is 0. The van der Waals surface area contributed by atoms with E-state index in [9.17, 15) is 0 Å². The average Bonchev–Trinajstić information content (AvgIpc) is 1.65. The van der Waals surface area contributed by atoms with Gasteiger partial charge in [-0.3, -0.25) is 0 Å². The van der Waals surface area contributed by atoms with Crippen molar-refractivity contribution in [3.05, 3.63) is 0 Å². The van der Waals surface area contributed by atoms with Crippen molar-refractivity contribution in [2.45, 2.75) is 24.8 Å². The molecule has 2 atom stereocenters. The van der Waals surface area contributed by atoms with Gasteiger partial charge in [0.1, 0.15) is 6.23 Å². The maximum atomic E-state index is 8.52. The first-order valence-electron chi connectivity index (χ1n) is 2.30. The van der Waals surface area contributed by atoms with Gasteiger partial charge in [0.15, 0.2) is 0 Å². The summed E-state index contributed by atoms with van der Waals surface area (Å²) in [5.74, 6) is 0. The highest BCUT2D eigenvalue weighted by atomic mass is 32.1. The second-order valence-electron chi connectivity index (χ2n) is 1.47. The molecule has 3 N–H and O–H groups in total. The van der Waals surface area contributed by atoms with Crippen LogP contribution >= 0.6 is 12.6 Å². The van der Waals surface area contributed by atoms with Crippen LogP contribution in [0, 0.1) is 0 Å². The molecule has 0 spiro atoms. The van der Waals surface area contributed by atoms with Gasteiger partial charge in [0.05, 0.1) is 0 Å². The zero-order valence-electron chi connectivity index (χ0n) is 4.33. The lowest BCUT2D eigenvalue weighted by molar-refractivity contribution is 0.178. The summed E-state index contributed by atoms with van der Waals surface area (Å²) >= 11 is 3.95. The first-order chi connectivity index (χ1) is 3.18. The number of thiol groups is 1. The van der Waals surface area contributed by atoms with Gasteiger partial charge in [-0.05, 0) is 6.42 Å². The normalized spacial score (nSPS) is 18.9. The summed E-state index contributed by atoms with van der Waals surface area (Å²) in [6.45, 7) is 1.92. The van der Waals surface area contributed by atoms with E-state index in [1.54, 1.807) is 0 Å². The van der Waals surface area contributed by atoms with Crippen LogP contribution in [0.5, 0.6) is 0 Å². The molecule has 0 saturated heterocycles. The van der Waals surface area contributed by atoms with Crippen LogP contribution in [0.25, 0.3) is 0 Å². The van der Waals surface area contributed by atoms with Crippen molar-refractivity contribution in [1.29, 1.82) is 0 Å². The molecule has 44 valence electrons. The van der Waals surface area contributed by atoms with Gasteiger partial charge in [0.2, 0.25) is 0 Å². The predicted molar refractivity (Wildman–Crippen MR) is 33.3 cm³/mol. The summed E-state index contributed by atoms with van der Waals surface area (Å²) in [5, 5.41) is 8.45.